The number of halogens is 1. The molecular weight excluding hydrogens is 299 g/mol. The normalized spacial score (nSPS) is 11.0. The number of amides is 1. The van der Waals surface area contributed by atoms with Crippen molar-refractivity contribution in [1.82, 2.24) is 9.88 Å². The molecule has 22 heavy (non-hydrogen) atoms. The fraction of sp³-hybridized carbons (Fsp3) is 0.235. The molecule has 0 radical (unpaired) electrons. The van der Waals surface area contributed by atoms with Crippen LogP contribution in [0.15, 0.2) is 41.8 Å². The summed E-state index contributed by atoms with van der Waals surface area (Å²) in [6, 6.07) is 10.1. The Hall–Kier alpha value is -2.14. The van der Waals surface area contributed by atoms with Gasteiger partial charge in [0.2, 0.25) is 0 Å². The van der Waals surface area contributed by atoms with Crippen molar-refractivity contribution in [1.29, 1.82) is 0 Å². The van der Waals surface area contributed by atoms with Crippen molar-refractivity contribution in [2.24, 2.45) is 0 Å². The van der Waals surface area contributed by atoms with Crippen LogP contribution in [0.3, 0.4) is 0 Å². The van der Waals surface area contributed by atoms with E-state index in [4.69, 9.17) is 0 Å². The number of nitrogens with one attached hydrogen (secondary N) is 1. The van der Waals surface area contributed by atoms with Gasteiger partial charge in [-0.05, 0) is 41.6 Å². The van der Waals surface area contributed by atoms with Gasteiger partial charge >= 0.3 is 0 Å². The van der Waals surface area contributed by atoms with E-state index in [0.29, 0.717) is 12.2 Å². The minimum atomic E-state index is -0.271. The van der Waals surface area contributed by atoms with Crippen LogP contribution in [-0.4, -0.2) is 10.5 Å². The topological polar surface area (TPSA) is 34.0 Å². The lowest BCUT2D eigenvalue weighted by Crippen LogP contribution is -2.25. The van der Waals surface area contributed by atoms with Gasteiger partial charge in [-0.3, -0.25) is 4.79 Å². The Kier molecular flexibility index (Phi) is 4.24. The molecule has 3 nitrogen and oxygen atoms in total. The number of aromatic nitrogens is 1. The van der Waals surface area contributed by atoms with Crippen molar-refractivity contribution in [3.8, 4) is 0 Å². The quantitative estimate of drug-likeness (QED) is 0.752. The van der Waals surface area contributed by atoms with Gasteiger partial charge in [-0.15, -0.1) is 11.3 Å². The van der Waals surface area contributed by atoms with Gasteiger partial charge in [-0.2, -0.15) is 0 Å². The summed E-state index contributed by atoms with van der Waals surface area (Å²) in [6.07, 6.45) is 0.970. The molecular formula is C17H17FN2OS. The van der Waals surface area contributed by atoms with Gasteiger partial charge in [0.05, 0.1) is 10.2 Å². The summed E-state index contributed by atoms with van der Waals surface area (Å²) in [5.41, 5.74) is 2.68. The highest BCUT2D eigenvalue weighted by atomic mass is 32.1. The highest BCUT2D eigenvalue weighted by Crippen LogP contribution is 2.25. The van der Waals surface area contributed by atoms with Crippen LogP contribution in [0.1, 0.15) is 29.4 Å². The zero-order valence-electron chi connectivity index (χ0n) is 12.3. The van der Waals surface area contributed by atoms with E-state index in [-0.39, 0.29) is 11.7 Å². The number of aryl methyl sites for hydroxylation is 1. The lowest BCUT2D eigenvalue weighted by Gasteiger charge is -2.09. The van der Waals surface area contributed by atoms with Crippen LogP contribution in [0, 0.1) is 5.82 Å². The molecule has 1 amide bonds. The Morgan fingerprint density at radius 2 is 2.05 bits per heavy atom. The van der Waals surface area contributed by atoms with E-state index in [9.17, 15) is 9.18 Å². The van der Waals surface area contributed by atoms with E-state index < -0.39 is 0 Å². The van der Waals surface area contributed by atoms with Crippen LogP contribution in [0.4, 0.5) is 4.39 Å². The minimum Gasteiger partial charge on any atom is -0.347 e. The second-order valence-corrected chi connectivity index (χ2v) is 6.11. The van der Waals surface area contributed by atoms with E-state index in [1.54, 1.807) is 23.5 Å². The second-order valence-electron chi connectivity index (χ2n) is 5.16. The number of carbonyl (C=O) groups excluding carboxylic acids is 1. The highest BCUT2D eigenvalue weighted by Gasteiger charge is 2.15. The van der Waals surface area contributed by atoms with Crippen molar-refractivity contribution >= 4 is 27.5 Å². The summed E-state index contributed by atoms with van der Waals surface area (Å²) >= 11 is 1.64. The molecule has 3 aromatic rings. The van der Waals surface area contributed by atoms with Crippen LogP contribution < -0.4 is 5.32 Å². The van der Waals surface area contributed by atoms with E-state index in [1.807, 2.05) is 17.5 Å². The van der Waals surface area contributed by atoms with Crippen molar-refractivity contribution < 1.29 is 9.18 Å². The van der Waals surface area contributed by atoms with Gasteiger partial charge in [-0.25, -0.2) is 4.39 Å². The van der Waals surface area contributed by atoms with Crippen molar-refractivity contribution in [3.05, 3.63) is 58.9 Å². The average molecular weight is 316 g/mol. The Labute approximate surface area is 132 Å². The van der Waals surface area contributed by atoms with E-state index in [1.165, 1.54) is 12.1 Å². The monoisotopic (exact) mass is 316 g/mol. The molecule has 0 bridgehead atoms. The Bertz CT molecular complexity index is 789. The molecule has 0 saturated heterocycles. The van der Waals surface area contributed by atoms with E-state index in [2.05, 4.69) is 16.8 Å². The molecule has 0 aliphatic carbocycles. The molecule has 0 fully saturated rings. The van der Waals surface area contributed by atoms with Gasteiger partial charge in [-0.1, -0.05) is 19.1 Å². The summed E-state index contributed by atoms with van der Waals surface area (Å²) in [5, 5.41) is 4.95. The number of rotatable bonds is 5. The number of thiophene rings is 1. The zero-order chi connectivity index (χ0) is 15.5. The Balaban J connectivity index is 1.78. The first-order chi connectivity index (χ1) is 10.7. The molecule has 1 N–H and O–H groups in total. The SMILES string of the molecule is CCCn1c(C(=O)NCc2ccc(F)cc2)cc2sccc21. The third kappa shape index (κ3) is 2.90. The standard InChI is InChI=1S/C17H17FN2OS/c1-2-8-20-14-7-9-22-16(14)10-15(20)17(21)19-11-12-3-5-13(18)6-4-12/h3-7,9-10H,2,8,11H2,1H3,(H,19,21). The molecule has 2 heterocycles. The first-order valence-corrected chi connectivity index (χ1v) is 8.16. The Morgan fingerprint density at radius 1 is 1.27 bits per heavy atom. The molecule has 3 rings (SSSR count). The number of fused-ring (bicyclic) bond motifs is 1. The predicted octanol–water partition coefficient (Wildman–Crippen LogP) is 4.18. The molecule has 0 saturated carbocycles. The first-order valence-electron chi connectivity index (χ1n) is 7.28. The van der Waals surface area contributed by atoms with Crippen LogP contribution in [0.25, 0.3) is 10.2 Å². The summed E-state index contributed by atoms with van der Waals surface area (Å²) in [4.78, 5) is 12.4. The third-order valence-corrected chi connectivity index (χ3v) is 4.42. The maximum atomic E-state index is 12.9. The maximum Gasteiger partial charge on any atom is 0.268 e. The number of carbonyl (C=O) groups is 1. The fourth-order valence-corrected chi connectivity index (χ4v) is 3.33. The predicted molar refractivity (Wildman–Crippen MR) is 87.7 cm³/mol. The number of hydrogen-bond acceptors (Lipinski definition) is 2. The molecule has 0 aliphatic heterocycles. The number of nitrogens with zero attached hydrogens (tertiary/aromatic N) is 1. The maximum absolute atomic E-state index is 12.9. The van der Waals surface area contributed by atoms with Crippen LogP contribution >= 0.6 is 11.3 Å². The molecule has 114 valence electrons. The lowest BCUT2D eigenvalue weighted by atomic mass is 10.2. The summed E-state index contributed by atoms with van der Waals surface area (Å²) < 4.78 is 16.1. The van der Waals surface area contributed by atoms with Crippen LogP contribution in [0.2, 0.25) is 0 Å². The summed E-state index contributed by atoms with van der Waals surface area (Å²) in [5.74, 6) is -0.367. The van der Waals surface area contributed by atoms with Crippen molar-refractivity contribution in [2.75, 3.05) is 0 Å². The second kappa shape index (κ2) is 6.32. The van der Waals surface area contributed by atoms with Gasteiger partial charge < -0.3 is 9.88 Å². The van der Waals surface area contributed by atoms with Gasteiger partial charge in [0, 0.05) is 13.1 Å². The molecule has 0 spiro atoms. The Morgan fingerprint density at radius 3 is 2.77 bits per heavy atom. The van der Waals surface area contributed by atoms with Crippen molar-refractivity contribution in [2.45, 2.75) is 26.4 Å². The molecule has 2 aromatic heterocycles. The highest BCUT2D eigenvalue weighted by molar-refractivity contribution is 7.17. The zero-order valence-corrected chi connectivity index (χ0v) is 13.1. The fourth-order valence-electron chi connectivity index (χ4n) is 2.50. The largest absolute Gasteiger partial charge is 0.347 e. The lowest BCUT2D eigenvalue weighted by molar-refractivity contribution is 0.0942. The van der Waals surface area contributed by atoms with Crippen LogP contribution in [0.5, 0.6) is 0 Å². The van der Waals surface area contributed by atoms with Gasteiger partial charge in [0.1, 0.15) is 11.5 Å². The third-order valence-electron chi connectivity index (χ3n) is 3.57. The van der Waals surface area contributed by atoms with Crippen molar-refractivity contribution in [3.63, 3.8) is 0 Å². The van der Waals surface area contributed by atoms with Gasteiger partial charge in [0.15, 0.2) is 0 Å². The summed E-state index contributed by atoms with van der Waals surface area (Å²) in [7, 11) is 0. The van der Waals surface area contributed by atoms with E-state index >= 15 is 0 Å². The van der Waals surface area contributed by atoms with Crippen LogP contribution in [-0.2, 0) is 13.1 Å². The number of benzene rings is 1. The van der Waals surface area contributed by atoms with E-state index in [0.717, 1.165) is 28.7 Å². The molecule has 0 aliphatic rings. The molecule has 0 atom stereocenters. The number of hydrogen-bond donors (Lipinski definition) is 1. The van der Waals surface area contributed by atoms with Gasteiger partial charge in [0.25, 0.3) is 5.91 Å². The molecule has 5 heteroatoms. The summed E-state index contributed by atoms with van der Waals surface area (Å²) in [6.45, 7) is 3.31. The smallest absolute Gasteiger partial charge is 0.268 e. The molecule has 1 aromatic carbocycles. The average Bonchev–Trinajstić information content (AvgIpc) is 3.09. The minimum absolute atomic E-state index is 0.0961. The first kappa shape index (κ1) is 14.8. The molecule has 0 unspecified atom stereocenters.